The largest absolute Gasteiger partial charge is 0.304 e. The summed E-state index contributed by atoms with van der Waals surface area (Å²) in [5, 5.41) is 0. The molecule has 1 aromatic carbocycles. The fourth-order valence-electron chi connectivity index (χ4n) is 3.50. The maximum absolute atomic E-state index is 13.7. The molecule has 1 aromatic rings. The fourth-order valence-corrected chi connectivity index (χ4v) is 3.50. The summed E-state index contributed by atoms with van der Waals surface area (Å²) >= 11 is 0. The maximum atomic E-state index is 13.7. The second kappa shape index (κ2) is 6.86. The zero-order valence-electron chi connectivity index (χ0n) is 13.0. The van der Waals surface area contributed by atoms with E-state index in [-0.39, 0.29) is 5.82 Å². The lowest BCUT2D eigenvalue weighted by Gasteiger charge is -2.42. The van der Waals surface area contributed by atoms with Gasteiger partial charge >= 0.3 is 0 Å². The number of hydrogen-bond acceptors (Lipinski definition) is 3. The molecule has 116 valence electrons. The van der Waals surface area contributed by atoms with Crippen LogP contribution in [0.25, 0.3) is 0 Å². The van der Waals surface area contributed by atoms with Gasteiger partial charge in [0.1, 0.15) is 5.82 Å². The summed E-state index contributed by atoms with van der Waals surface area (Å²) in [5.41, 5.74) is 0.829. The number of piperidine rings is 1. The third kappa shape index (κ3) is 3.82. The molecule has 0 atom stereocenters. The maximum Gasteiger partial charge on any atom is 0.127 e. The number of likely N-dealkylation sites (N-methyl/N-ethyl adjacent to an activating group) is 1. The molecule has 0 unspecified atom stereocenters. The quantitative estimate of drug-likeness (QED) is 0.844. The average molecular weight is 291 g/mol. The van der Waals surface area contributed by atoms with Crippen LogP contribution < -0.4 is 0 Å². The molecule has 2 aliphatic rings. The van der Waals surface area contributed by atoms with Gasteiger partial charge in [-0.15, -0.1) is 0 Å². The Morgan fingerprint density at radius 1 is 1.00 bits per heavy atom. The topological polar surface area (TPSA) is 9.72 Å². The monoisotopic (exact) mass is 291 g/mol. The summed E-state index contributed by atoms with van der Waals surface area (Å²) in [4.78, 5) is 7.45. The second-order valence-electron chi connectivity index (χ2n) is 6.44. The summed E-state index contributed by atoms with van der Waals surface area (Å²) in [6.07, 6.45) is 2.44. The summed E-state index contributed by atoms with van der Waals surface area (Å²) in [6.45, 7) is 7.71. The van der Waals surface area contributed by atoms with E-state index in [4.69, 9.17) is 0 Å². The number of halogens is 1. The highest BCUT2D eigenvalue weighted by Crippen LogP contribution is 2.20. The van der Waals surface area contributed by atoms with Crippen LogP contribution in [0.2, 0.25) is 0 Å². The molecule has 2 aliphatic heterocycles. The number of hydrogen-bond donors (Lipinski definition) is 0. The van der Waals surface area contributed by atoms with Gasteiger partial charge in [0, 0.05) is 44.3 Å². The Bertz CT molecular complexity index is 449. The molecule has 0 amide bonds. The van der Waals surface area contributed by atoms with Gasteiger partial charge in [-0.2, -0.15) is 0 Å². The normalized spacial score (nSPS) is 23.5. The van der Waals surface area contributed by atoms with Crippen molar-refractivity contribution in [1.29, 1.82) is 0 Å². The Labute approximate surface area is 127 Å². The Kier molecular flexibility index (Phi) is 4.88. The SMILES string of the molecule is CN1CCN(C2CCN(Cc3ccccc3F)CC2)CC1. The minimum atomic E-state index is -0.0707. The summed E-state index contributed by atoms with van der Waals surface area (Å²) in [7, 11) is 2.20. The van der Waals surface area contributed by atoms with Crippen molar-refractivity contribution in [3.8, 4) is 0 Å². The summed E-state index contributed by atoms with van der Waals surface area (Å²) in [6, 6.07) is 7.89. The molecule has 21 heavy (non-hydrogen) atoms. The van der Waals surface area contributed by atoms with Gasteiger partial charge in [-0.1, -0.05) is 18.2 Å². The van der Waals surface area contributed by atoms with Gasteiger partial charge in [-0.05, 0) is 39.0 Å². The molecule has 2 heterocycles. The third-order valence-electron chi connectivity index (χ3n) is 4.96. The van der Waals surface area contributed by atoms with Gasteiger partial charge in [-0.25, -0.2) is 4.39 Å². The van der Waals surface area contributed by atoms with Gasteiger partial charge in [-0.3, -0.25) is 9.80 Å². The Hall–Kier alpha value is -0.970. The first-order valence-electron chi connectivity index (χ1n) is 8.11. The van der Waals surface area contributed by atoms with Crippen molar-refractivity contribution in [2.24, 2.45) is 0 Å². The highest BCUT2D eigenvalue weighted by atomic mass is 19.1. The molecule has 0 radical (unpaired) electrons. The van der Waals surface area contributed by atoms with E-state index in [2.05, 4.69) is 21.7 Å². The van der Waals surface area contributed by atoms with Crippen LogP contribution in [0.4, 0.5) is 4.39 Å². The number of likely N-dealkylation sites (tertiary alicyclic amines) is 1. The molecule has 0 bridgehead atoms. The van der Waals surface area contributed by atoms with E-state index in [9.17, 15) is 4.39 Å². The van der Waals surface area contributed by atoms with Gasteiger partial charge < -0.3 is 4.90 Å². The number of benzene rings is 1. The van der Waals surface area contributed by atoms with Crippen LogP contribution in [0.15, 0.2) is 24.3 Å². The smallest absolute Gasteiger partial charge is 0.127 e. The highest BCUT2D eigenvalue weighted by Gasteiger charge is 2.26. The van der Waals surface area contributed by atoms with Crippen LogP contribution >= 0.6 is 0 Å². The van der Waals surface area contributed by atoms with E-state index < -0.39 is 0 Å². The van der Waals surface area contributed by atoms with Gasteiger partial charge in [0.25, 0.3) is 0 Å². The van der Waals surface area contributed by atoms with Crippen molar-refractivity contribution in [1.82, 2.24) is 14.7 Å². The van der Waals surface area contributed by atoms with Crippen LogP contribution in [0.1, 0.15) is 18.4 Å². The zero-order chi connectivity index (χ0) is 14.7. The van der Waals surface area contributed by atoms with Crippen molar-refractivity contribution in [3.63, 3.8) is 0 Å². The van der Waals surface area contributed by atoms with E-state index >= 15 is 0 Å². The van der Waals surface area contributed by atoms with Gasteiger partial charge in [0.15, 0.2) is 0 Å². The molecule has 4 heteroatoms. The Morgan fingerprint density at radius 3 is 2.33 bits per heavy atom. The predicted molar refractivity (Wildman–Crippen MR) is 83.8 cm³/mol. The molecule has 0 spiro atoms. The van der Waals surface area contributed by atoms with Crippen molar-refractivity contribution in [2.45, 2.75) is 25.4 Å². The first kappa shape index (κ1) is 14.9. The highest BCUT2D eigenvalue weighted by molar-refractivity contribution is 5.17. The number of nitrogens with zero attached hydrogens (tertiary/aromatic N) is 3. The fraction of sp³-hybridized carbons (Fsp3) is 0.647. The summed E-state index contributed by atoms with van der Waals surface area (Å²) in [5.74, 6) is -0.0707. The first-order valence-corrected chi connectivity index (χ1v) is 8.11. The van der Waals surface area contributed by atoms with E-state index in [1.54, 1.807) is 12.1 Å². The van der Waals surface area contributed by atoms with Gasteiger partial charge in [0.05, 0.1) is 0 Å². The third-order valence-corrected chi connectivity index (χ3v) is 4.96. The molecule has 0 saturated carbocycles. The number of piperazine rings is 1. The zero-order valence-corrected chi connectivity index (χ0v) is 13.0. The standard InChI is InChI=1S/C17H26FN3/c1-19-10-12-21(13-11-19)16-6-8-20(9-7-16)14-15-4-2-3-5-17(15)18/h2-5,16H,6-14H2,1H3. The molecule has 0 aliphatic carbocycles. The Balaban J connectivity index is 1.48. The van der Waals surface area contributed by atoms with Crippen molar-refractivity contribution in [2.75, 3.05) is 46.3 Å². The minimum absolute atomic E-state index is 0.0707. The predicted octanol–water partition coefficient (Wildman–Crippen LogP) is 2.04. The summed E-state index contributed by atoms with van der Waals surface area (Å²) < 4.78 is 13.7. The first-order chi connectivity index (χ1) is 10.2. The lowest BCUT2D eigenvalue weighted by molar-refractivity contribution is 0.0655. The minimum Gasteiger partial charge on any atom is -0.304 e. The average Bonchev–Trinajstić information content (AvgIpc) is 2.51. The molecule has 2 saturated heterocycles. The molecule has 2 fully saturated rings. The molecule has 3 rings (SSSR count). The molecular weight excluding hydrogens is 265 g/mol. The lowest BCUT2D eigenvalue weighted by Crippen LogP contribution is -2.52. The number of rotatable bonds is 3. The van der Waals surface area contributed by atoms with Gasteiger partial charge in [0.2, 0.25) is 0 Å². The van der Waals surface area contributed by atoms with E-state index in [0.717, 1.165) is 31.2 Å². The Morgan fingerprint density at radius 2 is 1.67 bits per heavy atom. The molecule has 0 aromatic heterocycles. The van der Waals surface area contributed by atoms with Crippen LogP contribution in [0.5, 0.6) is 0 Å². The van der Waals surface area contributed by atoms with Crippen LogP contribution in [0.3, 0.4) is 0 Å². The van der Waals surface area contributed by atoms with Crippen LogP contribution in [0, 0.1) is 5.82 Å². The molecular formula is C17H26FN3. The lowest BCUT2D eigenvalue weighted by atomic mass is 10.0. The second-order valence-corrected chi connectivity index (χ2v) is 6.44. The van der Waals surface area contributed by atoms with Crippen molar-refractivity contribution < 1.29 is 4.39 Å². The van der Waals surface area contributed by atoms with E-state index in [1.165, 1.54) is 39.0 Å². The van der Waals surface area contributed by atoms with E-state index in [1.807, 2.05) is 12.1 Å². The molecule has 0 N–H and O–H groups in total. The van der Waals surface area contributed by atoms with Crippen LogP contribution in [-0.2, 0) is 6.54 Å². The molecule has 3 nitrogen and oxygen atoms in total. The van der Waals surface area contributed by atoms with E-state index in [0.29, 0.717) is 0 Å². The van der Waals surface area contributed by atoms with Crippen molar-refractivity contribution >= 4 is 0 Å². The van der Waals surface area contributed by atoms with Crippen molar-refractivity contribution in [3.05, 3.63) is 35.6 Å². The van der Waals surface area contributed by atoms with Crippen LogP contribution in [-0.4, -0.2) is 67.1 Å².